The number of nitrogens with two attached hydrogens (primary N) is 1. The third-order valence-corrected chi connectivity index (χ3v) is 3.59. The second-order valence-electron chi connectivity index (χ2n) is 5.12. The van der Waals surface area contributed by atoms with Crippen molar-refractivity contribution in [3.63, 3.8) is 0 Å². The lowest BCUT2D eigenvalue weighted by Gasteiger charge is -2.05. The number of aromatic nitrogens is 3. The normalized spacial score (nSPS) is 10.8. The van der Waals surface area contributed by atoms with Crippen LogP contribution in [0, 0.1) is 6.92 Å². The van der Waals surface area contributed by atoms with Crippen LogP contribution in [-0.2, 0) is 6.42 Å². The van der Waals surface area contributed by atoms with E-state index >= 15 is 0 Å². The Balaban J connectivity index is 2.02. The zero-order valence-corrected chi connectivity index (χ0v) is 12.2. The molecule has 0 atom stereocenters. The monoisotopic (exact) mass is 278 g/mol. The molecule has 0 bridgehead atoms. The van der Waals surface area contributed by atoms with E-state index in [1.54, 1.807) is 4.68 Å². The van der Waals surface area contributed by atoms with Gasteiger partial charge in [-0.1, -0.05) is 48.5 Å². The Hall–Kier alpha value is -2.62. The van der Waals surface area contributed by atoms with Crippen molar-refractivity contribution in [2.75, 3.05) is 5.73 Å². The molecule has 0 fully saturated rings. The molecule has 4 heteroatoms. The summed E-state index contributed by atoms with van der Waals surface area (Å²) < 4.78 is 1.68. The van der Waals surface area contributed by atoms with Gasteiger partial charge < -0.3 is 5.73 Å². The van der Waals surface area contributed by atoms with Gasteiger partial charge in [0.15, 0.2) is 5.82 Å². The van der Waals surface area contributed by atoms with E-state index < -0.39 is 0 Å². The molecular formula is C17H18N4. The minimum absolute atomic E-state index is 0.560. The molecular weight excluding hydrogens is 260 g/mol. The third kappa shape index (κ3) is 2.52. The molecule has 0 saturated heterocycles. The van der Waals surface area contributed by atoms with Crippen LogP contribution >= 0.6 is 0 Å². The van der Waals surface area contributed by atoms with Gasteiger partial charge in [-0.2, -0.15) is 4.68 Å². The predicted octanol–water partition coefficient (Wildman–Crippen LogP) is 3.39. The molecule has 0 amide bonds. The van der Waals surface area contributed by atoms with E-state index in [2.05, 4.69) is 29.4 Å². The largest absolute Gasteiger partial charge is 0.382 e. The maximum atomic E-state index is 6.23. The van der Waals surface area contributed by atoms with Gasteiger partial charge in [0.1, 0.15) is 5.69 Å². The number of nitrogen functional groups attached to an aromatic ring is 1. The summed E-state index contributed by atoms with van der Waals surface area (Å²) in [7, 11) is 0. The van der Waals surface area contributed by atoms with Crippen molar-refractivity contribution in [3.05, 3.63) is 59.7 Å². The lowest BCUT2D eigenvalue weighted by atomic mass is 10.1. The van der Waals surface area contributed by atoms with Crippen LogP contribution in [0.4, 0.5) is 5.82 Å². The SMILES string of the molecule is CCc1ccc(-c2nnn(-c3cccc(C)c3)c2N)cc1. The van der Waals surface area contributed by atoms with Crippen molar-refractivity contribution in [2.45, 2.75) is 20.3 Å². The highest BCUT2D eigenvalue weighted by Gasteiger charge is 2.12. The van der Waals surface area contributed by atoms with Crippen LogP contribution in [0.2, 0.25) is 0 Å². The molecule has 0 aliphatic heterocycles. The molecule has 3 aromatic rings. The fourth-order valence-corrected chi connectivity index (χ4v) is 2.34. The van der Waals surface area contributed by atoms with E-state index in [9.17, 15) is 0 Å². The van der Waals surface area contributed by atoms with E-state index in [0.717, 1.165) is 28.9 Å². The molecule has 0 aliphatic rings. The fraction of sp³-hybridized carbons (Fsp3) is 0.176. The number of aryl methyl sites for hydroxylation is 2. The maximum absolute atomic E-state index is 6.23. The van der Waals surface area contributed by atoms with Crippen molar-refractivity contribution in [2.24, 2.45) is 0 Å². The third-order valence-electron chi connectivity index (χ3n) is 3.59. The van der Waals surface area contributed by atoms with E-state index in [1.165, 1.54) is 5.56 Å². The van der Waals surface area contributed by atoms with Gasteiger partial charge in [0.05, 0.1) is 5.69 Å². The van der Waals surface area contributed by atoms with Gasteiger partial charge in [-0.15, -0.1) is 5.10 Å². The molecule has 21 heavy (non-hydrogen) atoms. The van der Waals surface area contributed by atoms with Crippen molar-refractivity contribution in [1.29, 1.82) is 0 Å². The minimum atomic E-state index is 0.560. The van der Waals surface area contributed by atoms with Crippen LogP contribution in [0.5, 0.6) is 0 Å². The molecule has 3 rings (SSSR count). The molecule has 0 radical (unpaired) electrons. The summed E-state index contributed by atoms with van der Waals surface area (Å²) >= 11 is 0. The van der Waals surface area contributed by atoms with Crippen molar-refractivity contribution in [1.82, 2.24) is 15.0 Å². The predicted molar refractivity (Wildman–Crippen MR) is 85.3 cm³/mol. The standard InChI is InChI=1S/C17H18N4/c1-3-13-7-9-14(10-8-13)16-17(18)21(20-19-16)15-6-4-5-12(2)11-15/h4-11H,3,18H2,1-2H3. The average molecular weight is 278 g/mol. The van der Waals surface area contributed by atoms with Gasteiger partial charge in [0.2, 0.25) is 0 Å². The minimum Gasteiger partial charge on any atom is -0.382 e. The van der Waals surface area contributed by atoms with Gasteiger partial charge >= 0.3 is 0 Å². The zero-order valence-electron chi connectivity index (χ0n) is 12.2. The van der Waals surface area contributed by atoms with Crippen LogP contribution in [-0.4, -0.2) is 15.0 Å². The van der Waals surface area contributed by atoms with Gasteiger partial charge in [-0.3, -0.25) is 0 Å². The number of hydrogen-bond acceptors (Lipinski definition) is 3. The van der Waals surface area contributed by atoms with Crippen LogP contribution in [0.1, 0.15) is 18.1 Å². The Labute approximate surface area is 124 Å². The average Bonchev–Trinajstić information content (AvgIpc) is 2.89. The quantitative estimate of drug-likeness (QED) is 0.799. The van der Waals surface area contributed by atoms with E-state index in [4.69, 9.17) is 5.73 Å². The molecule has 0 unspecified atom stereocenters. The van der Waals surface area contributed by atoms with E-state index in [-0.39, 0.29) is 0 Å². The van der Waals surface area contributed by atoms with E-state index in [1.807, 2.05) is 43.3 Å². The second-order valence-corrected chi connectivity index (χ2v) is 5.12. The van der Waals surface area contributed by atoms with Gasteiger partial charge in [-0.05, 0) is 36.6 Å². The smallest absolute Gasteiger partial charge is 0.155 e. The summed E-state index contributed by atoms with van der Waals surface area (Å²) in [5.74, 6) is 0.560. The van der Waals surface area contributed by atoms with Crippen molar-refractivity contribution < 1.29 is 0 Å². The molecule has 4 nitrogen and oxygen atoms in total. The van der Waals surface area contributed by atoms with Crippen LogP contribution < -0.4 is 5.73 Å². The maximum Gasteiger partial charge on any atom is 0.155 e. The number of anilines is 1. The molecule has 1 heterocycles. The first-order chi connectivity index (χ1) is 10.2. The highest BCUT2D eigenvalue weighted by molar-refractivity contribution is 5.71. The Bertz CT molecular complexity index is 757. The molecule has 0 saturated carbocycles. The van der Waals surface area contributed by atoms with Gasteiger partial charge in [-0.25, -0.2) is 0 Å². The molecule has 2 N–H and O–H groups in total. The Kier molecular flexibility index (Phi) is 3.44. The first-order valence-electron chi connectivity index (χ1n) is 7.06. The summed E-state index contributed by atoms with van der Waals surface area (Å²) in [6.45, 7) is 4.18. The van der Waals surface area contributed by atoms with Gasteiger partial charge in [0, 0.05) is 5.56 Å². The molecule has 106 valence electrons. The fourth-order valence-electron chi connectivity index (χ4n) is 2.34. The highest BCUT2D eigenvalue weighted by Crippen LogP contribution is 2.25. The number of nitrogens with zero attached hydrogens (tertiary/aromatic N) is 3. The topological polar surface area (TPSA) is 56.7 Å². The first-order valence-corrected chi connectivity index (χ1v) is 7.06. The van der Waals surface area contributed by atoms with Crippen LogP contribution in [0.3, 0.4) is 0 Å². The second kappa shape index (κ2) is 5.40. The molecule has 0 aliphatic carbocycles. The number of rotatable bonds is 3. The molecule has 0 spiro atoms. The summed E-state index contributed by atoms with van der Waals surface area (Å²) in [6, 6.07) is 16.3. The Morgan fingerprint density at radius 3 is 2.52 bits per heavy atom. The lowest BCUT2D eigenvalue weighted by molar-refractivity contribution is 0.810. The van der Waals surface area contributed by atoms with E-state index in [0.29, 0.717) is 5.82 Å². The summed E-state index contributed by atoms with van der Waals surface area (Å²) in [5, 5.41) is 8.42. The zero-order chi connectivity index (χ0) is 14.8. The Morgan fingerprint density at radius 2 is 1.86 bits per heavy atom. The van der Waals surface area contributed by atoms with Crippen LogP contribution in [0.15, 0.2) is 48.5 Å². The molecule has 2 aromatic carbocycles. The molecule has 1 aromatic heterocycles. The Morgan fingerprint density at radius 1 is 1.10 bits per heavy atom. The summed E-state index contributed by atoms with van der Waals surface area (Å²) in [6.07, 6.45) is 1.02. The van der Waals surface area contributed by atoms with Crippen LogP contribution in [0.25, 0.3) is 16.9 Å². The summed E-state index contributed by atoms with van der Waals surface area (Å²) in [5.41, 5.74) is 11.3. The number of hydrogen-bond donors (Lipinski definition) is 1. The first kappa shape index (κ1) is 13.4. The number of benzene rings is 2. The summed E-state index contributed by atoms with van der Waals surface area (Å²) in [4.78, 5) is 0. The highest BCUT2D eigenvalue weighted by atomic mass is 15.5. The van der Waals surface area contributed by atoms with Gasteiger partial charge in [0.25, 0.3) is 0 Å². The van der Waals surface area contributed by atoms with Crippen molar-refractivity contribution >= 4 is 5.82 Å². The lowest BCUT2D eigenvalue weighted by Crippen LogP contribution is -2.02. The van der Waals surface area contributed by atoms with Crippen molar-refractivity contribution in [3.8, 4) is 16.9 Å².